The Labute approximate surface area is 152 Å². The maximum atomic E-state index is 12.6. The SMILES string of the molecule is C[C@H](NS(=O)(=O)c1ccc(N2CCCC2=O)cc1)c1cccc(Cl)c1. The number of benzene rings is 2. The summed E-state index contributed by atoms with van der Waals surface area (Å²) in [5, 5.41) is 0.559. The fraction of sp³-hybridized carbons (Fsp3) is 0.278. The van der Waals surface area contributed by atoms with E-state index in [9.17, 15) is 13.2 Å². The Morgan fingerprint density at radius 3 is 2.48 bits per heavy atom. The van der Waals surface area contributed by atoms with Crippen molar-refractivity contribution in [3.05, 3.63) is 59.1 Å². The predicted octanol–water partition coefficient (Wildman–Crippen LogP) is 3.51. The highest BCUT2D eigenvalue weighted by atomic mass is 35.5. The lowest BCUT2D eigenvalue weighted by Gasteiger charge is -2.17. The first-order valence-electron chi connectivity index (χ1n) is 8.05. The van der Waals surface area contributed by atoms with Crippen LogP contribution in [0.4, 0.5) is 5.69 Å². The molecule has 1 fully saturated rings. The fourth-order valence-corrected chi connectivity index (χ4v) is 4.30. The van der Waals surface area contributed by atoms with Crippen molar-refractivity contribution in [2.75, 3.05) is 11.4 Å². The van der Waals surface area contributed by atoms with Crippen LogP contribution in [-0.4, -0.2) is 20.9 Å². The lowest BCUT2D eigenvalue weighted by atomic mass is 10.1. The van der Waals surface area contributed by atoms with E-state index in [1.165, 1.54) is 12.1 Å². The minimum absolute atomic E-state index is 0.0725. The quantitative estimate of drug-likeness (QED) is 0.865. The van der Waals surface area contributed by atoms with Crippen LogP contribution in [-0.2, 0) is 14.8 Å². The molecule has 1 atom stereocenters. The molecule has 5 nitrogen and oxygen atoms in total. The molecule has 1 aliphatic heterocycles. The third kappa shape index (κ3) is 4.03. The molecule has 1 N–H and O–H groups in total. The number of nitrogens with zero attached hydrogens (tertiary/aromatic N) is 1. The van der Waals surface area contributed by atoms with Gasteiger partial charge < -0.3 is 4.90 Å². The minimum atomic E-state index is -3.67. The van der Waals surface area contributed by atoms with Crippen molar-refractivity contribution in [1.82, 2.24) is 4.72 Å². The van der Waals surface area contributed by atoms with E-state index >= 15 is 0 Å². The van der Waals surface area contributed by atoms with Gasteiger partial charge in [0.05, 0.1) is 4.90 Å². The maximum Gasteiger partial charge on any atom is 0.241 e. The molecule has 0 bridgehead atoms. The normalized spacial score (nSPS) is 16.2. The van der Waals surface area contributed by atoms with Crippen molar-refractivity contribution in [3.63, 3.8) is 0 Å². The molecule has 132 valence electrons. The van der Waals surface area contributed by atoms with Crippen molar-refractivity contribution in [1.29, 1.82) is 0 Å². The first kappa shape index (κ1) is 17.9. The van der Waals surface area contributed by atoms with Crippen LogP contribution in [0.3, 0.4) is 0 Å². The Balaban J connectivity index is 1.76. The second kappa shape index (κ2) is 7.15. The third-order valence-electron chi connectivity index (χ3n) is 4.21. The smallest absolute Gasteiger partial charge is 0.241 e. The summed E-state index contributed by atoms with van der Waals surface area (Å²) < 4.78 is 27.8. The summed E-state index contributed by atoms with van der Waals surface area (Å²) in [6.07, 6.45) is 1.37. The summed E-state index contributed by atoms with van der Waals surface area (Å²) in [7, 11) is -3.67. The predicted molar refractivity (Wildman–Crippen MR) is 98.2 cm³/mol. The van der Waals surface area contributed by atoms with Crippen LogP contribution >= 0.6 is 11.6 Å². The first-order chi connectivity index (χ1) is 11.9. The number of hydrogen-bond donors (Lipinski definition) is 1. The Kier molecular flexibility index (Phi) is 5.13. The topological polar surface area (TPSA) is 66.5 Å². The molecule has 0 radical (unpaired) electrons. The van der Waals surface area contributed by atoms with Crippen LogP contribution < -0.4 is 9.62 Å². The van der Waals surface area contributed by atoms with E-state index in [1.807, 2.05) is 6.07 Å². The number of carbonyl (C=O) groups excluding carboxylic acids is 1. The molecule has 0 aromatic heterocycles. The van der Waals surface area contributed by atoms with Gasteiger partial charge in [-0.05, 0) is 55.3 Å². The molecule has 3 rings (SSSR count). The lowest BCUT2D eigenvalue weighted by molar-refractivity contribution is -0.117. The lowest BCUT2D eigenvalue weighted by Crippen LogP contribution is -2.27. The minimum Gasteiger partial charge on any atom is -0.312 e. The van der Waals surface area contributed by atoms with Crippen molar-refractivity contribution in [3.8, 4) is 0 Å². The van der Waals surface area contributed by atoms with E-state index < -0.39 is 16.1 Å². The van der Waals surface area contributed by atoms with Crippen LogP contribution in [0.2, 0.25) is 5.02 Å². The van der Waals surface area contributed by atoms with E-state index in [2.05, 4.69) is 4.72 Å². The summed E-state index contributed by atoms with van der Waals surface area (Å²) in [5.41, 5.74) is 1.51. The van der Waals surface area contributed by atoms with Crippen LogP contribution in [0, 0.1) is 0 Å². The number of amides is 1. The average molecular weight is 379 g/mol. The number of hydrogen-bond acceptors (Lipinski definition) is 3. The molecule has 7 heteroatoms. The molecule has 25 heavy (non-hydrogen) atoms. The van der Waals surface area contributed by atoms with Crippen LogP contribution in [0.25, 0.3) is 0 Å². The molecule has 0 spiro atoms. The molecule has 1 amide bonds. The highest BCUT2D eigenvalue weighted by molar-refractivity contribution is 7.89. The van der Waals surface area contributed by atoms with E-state index in [1.54, 1.807) is 42.2 Å². The summed E-state index contributed by atoms with van der Waals surface area (Å²) in [6.45, 7) is 2.44. The molecule has 2 aromatic rings. The molecule has 1 aliphatic rings. The van der Waals surface area contributed by atoms with Gasteiger partial charge in [-0.15, -0.1) is 0 Å². The number of halogens is 1. The summed E-state index contributed by atoms with van der Waals surface area (Å²) in [6, 6.07) is 13.0. The van der Waals surface area contributed by atoms with Gasteiger partial charge in [-0.3, -0.25) is 4.79 Å². The van der Waals surface area contributed by atoms with Gasteiger partial charge in [0.2, 0.25) is 15.9 Å². The maximum absolute atomic E-state index is 12.6. The molecule has 2 aromatic carbocycles. The zero-order valence-corrected chi connectivity index (χ0v) is 15.3. The molecule has 0 aliphatic carbocycles. The zero-order valence-electron chi connectivity index (χ0n) is 13.8. The third-order valence-corrected chi connectivity index (χ3v) is 6.00. The Morgan fingerprint density at radius 1 is 1.16 bits per heavy atom. The highest BCUT2D eigenvalue weighted by Crippen LogP contribution is 2.24. The average Bonchev–Trinajstić information content (AvgIpc) is 3.00. The van der Waals surface area contributed by atoms with E-state index in [0.29, 0.717) is 18.0 Å². The fourth-order valence-electron chi connectivity index (χ4n) is 2.87. The monoisotopic (exact) mass is 378 g/mol. The van der Waals surface area contributed by atoms with Gasteiger partial charge >= 0.3 is 0 Å². The second-order valence-corrected chi connectivity index (χ2v) is 8.19. The summed E-state index contributed by atoms with van der Waals surface area (Å²) >= 11 is 5.96. The number of carbonyl (C=O) groups is 1. The van der Waals surface area contributed by atoms with Crippen molar-refractivity contribution < 1.29 is 13.2 Å². The van der Waals surface area contributed by atoms with E-state index in [4.69, 9.17) is 11.6 Å². The molecule has 1 saturated heterocycles. The molecule has 0 saturated carbocycles. The van der Waals surface area contributed by atoms with Gasteiger partial charge in [-0.1, -0.05) is 23.7 Å². The van der Waals surface area contributed by atoms with Crippen LogP contribution in [0.15, 0.2) is 53.4 Å². The van der Waals surface area contributed by atoms with Crippen LogP contribution in [0.1, 0.15) is 31.4 Å². The number of anilines is 1. The standard InChI is InChI=1S/C18H19ClN2O3S/c1-13(14-4-2-5-15(19)12-14)20-25(23,24)17-9-7-16(8-10-17)21-11-3-6-18(21)22/h2,4-5,7-10,12-13,20H,3,6,11H2,1H3/t13-/m0/s1. The number of rotatable bonds is 5. The van der Waals surface area contributed by atoms with Gasteiger partial charge in [0.15, 0.2) is 0 Å². The van der Waals surface area contributed by atoms with E-state index in [-0.39, 0.29) is 10.8 Å². The van der Waals surface area contributed by atoms with Gasteiger partial charge in [0.25, 0.3) is 0 Å². The van der Waals surface area contributed by atoms with E-state index in [0.717, 1.165) is 17.7 Å². The second-order valence-electron chi connectivity index (χ2n) is 6.04. The first-order valence-corrected chi connectivity index (χ1v) is 9.91. The van der Waals surface area contributed by atoms with Gasteiger partial charge in [0, 0.05) is 29.7 Å². The van der Waals surface area contributed by atoms with Crippen molar-refractivity contribution in [2.45, 2.75) is 30.7 Å². The van der Waals surface area contributed by atoms with Gasteiger partial charge in [-0.2, -0.15) is 0 Å². The van der Waals surface area contributed by atoms with Gasteiger partial charge in [0.1, 0.15) is 0 Å². The van der Waals surface area contributed by atoms with Crippen LogP contribution in [0.5, 0.6) is 0 Å². The summed E-state index contributed by atoms with van der Waals surface area (Å²) in [4.78, 5) is 13.6. The molecule has 0 unspecified atom stereocenters. The number of nitrogens with one attached hydrogen (secondary N) is 1. The Bertz CT molecular complexity index is 881. The largest absolute Gasteiger partial charge is 0.312 e. The van der Waals surface area contributed by atoms with Crippen molar-refractivity contribution >= 4 is 33.2 Å². The molecular formula is C18H19ClN2O3S. The number of sulfonamides is 1. The zero-order chi connectivity index (χ0) is 18.0. The Hall–Kier alpha value is -1.89. The Morgan fingerprint density at radius 2 is 1.88 bits per heavy atom. The molecule has 1 heterocycles. The highest BCUT2D eigenvalue weighted by Gasteiger charge is 2.23. The van der Waals surface area contributed by atoms with Gasteiger partial charge in [-0.25, -0.2) is 13.1 Å². The molecular weight excluding hydrogens is 360 g/mol. The summed E-state index contributed by atoms with van der Waals surface area (Å²) in [5.74, 6) is 0.0725. The van der Waals surface area contributed by atoms with Crippen molar-refractivity contribution in [2.24, 2.45) is 0 Å².